The lowest BCUT2D eigenvalue weighted by Crippen LogP contribution is -2.41. The Bertz CT molecular complexity index is 436. The number of halogens is 2. The van der Waals surface area contributed by atoms with Gasteiger partial charge in [-0.25, -0.2) is 0 Å². The highest BCUT2D eigenvalue weighted by Gasteiger charge is 2.35. The average molecular weight is 374 g/mol. The second kappa shape index (κ2) is 5.51. The highest BCUT2D eigenvalue weighted by atomic mass is 79.9. The SMILES string of the molecule is Brc1ccc(NC2CCN3CCCCC23)c(Br)c1. The molecule has 2 atom stereocenters. The smallest absolute Gasteiger partial charge is 0.0488 e. The average Bonchev–Trinajstić information content (AvgIpc) is 2.76. The van der Waals surface area contributed by atoms with E-state index in [0.717, 1.165) is 15.0 Å². The number of nitrogens with one attached hydrogen (secondary N) is 1. The van der Waals surface area contributed by atoms with Gasteiger partial charge in [0.1, 0.15) is 0 Å². The van der Waals surface area contributed by atoms with E-state index in [0.29, 0.717) is 6.04 Å². The Morgan fingerprint density at radius 2 is 2.00 bits per heavy atom. The van der Waals surface area contributed by atoms with Crippen molar-refractivity contribution in [2.45, 2.75) is 37.8 Å². The third kappa shape index (κ3) is 2.61. The molecule has 1 N–H and O–H groups in total. The van der Waals surface area contributed by atoms with Crippen LogP contribution in [0, 0.1) is 0 Å². The fourth-order valence-corrected chi connectivity index (χ4v) is 4.38. The molecule has 0 saturated carbocycles. The molecule has 0 radical (unpaired) electrons. The Labute approximate surface area is 125 Å². The lowest BCUT2D eigenvalue weighted by molar-refractivity contribution is 0.193. The van der Waals surface area contributed by atoms with Crippen LogP contribution in [0.5, 0.6) is 0 Å². The van der Waals surface area contributed by atoms with Crippen molar-refractivity contribution in [3.8, 4) is 0 Å². The van der Waals surface area contributed by atoms with Gasteiger partial charge in [0.15, 0.2) is 0 Å². The molecule has 1 aromatic carbocycles. The zero-order chi connectivity index (χ0) is 12.5. The number of fused-ring (bicyclic) bond motifs is 1. The number of nitrogens with zero attached hydrogens (tertiary/aromatic N) is 1. The summed E-state index contributed by atoms with van der Waals surface area (Å²) in [4.78, 5) is 2.66. The van der Waals surface area contributed by atoms with Gasteiger partial charge in [0.05, 0.1) is 0 Å². The third-order valence-electron chi connectivity index (χ3n) is 4.13. The van der Waals surface area contributed by atoms with Crippen molar-refractivity contribution in [2.75, 3.05) is 18.4 Å². The van der Waals surface area contributed by atoms with Gasteiger partial charge in [-0.05, 0) is 59.9 Å². The Morgan fingerprint density at radius 3 is 2.83 bits per heavy atom. The van der Waals surface area contributed by atoms with Crippen molar-refractivity contribution in [1.82, 2.24) is 4.90 Å². The quantitative estimate of drug-likeness (QED) is 0.833. The van der Waals surface area contributed by atoms with E-state index in [1.165, 1.54) is 44.5 Å². The summed E-state index contributed by atoms with van der Waals surface area (Å²) in [5.41, 5.74) is 1.22. The first kappa shape index (κ1) is 12.9. The van der Waals surface area contributed by atoms with Crippen LogP contribution in [-0.2, 0) is 0 Å². The van der Waals surface area contributed by atoms with Crippen molar-refractivity contribution < 1.29 is 0 Å². The van der Waals surface area contributed by atoms with E-state index in [4.69, 9.17) is 0 Å². The second-order valence-corrected chi connectivity index (χ2v) is 7.03. The van der Waals surface area contributed by atoms with Gasteiger partial charge in [-0.15, -0.1) is 0 Å². The zero-order valence-corrected chi connectivity index (χ0v) is 13.5. The van der Waals surface area contributed by atoms with E-state index in [2.05, 4.69) is 60.3 Å². The van der Waals surface area contributed by atoms with E-state index in [9.17, 15) is 0 Å². The molecule has 2 fully saturated rings. The molecule has 2 nitrogen and oxygen atoms in total. The molecule has 4 heteroatoms. The van der Waals surface area contributed by atoms with E-state index in [1.54, 1.807) is 0 Å². The first-order valence-electron chi connectivity index (χ1n) is 6.70. The van der Waals surface area contributed by atoms with Gasteiger partial charge in [-0.3, -0.25) is 4.90 Å². The van der Waals surface area contributed by atoms with Crippen LogP contribution in [0.1, 0.15) is 25.7 Å². The zero-order valence-electron chi connectivity index (χ0n) is 10.3. The number of hydrogen-bond donors (Lipinski definition) is 1. The fourth-order valence-electron chi connectivity index (χ4n) is 3.22. The van der Waals surface area contributed by atoms with E-state index < -0.39 is 0 Å². The van der Waals surface area contributed by atoms with Gasteiger partial charge in [0.2, 0.25) is 0 Å². The molecular weight excluding hydrogens is 356 g/mol. The number of anilines is 1. The topological polar surface area (TPSA) is 15.3 Å². The summed E-state index contributed by atoms with van der Waals surface area (Å²) >= 11 is 7.13. The van der Waals surface area contributed by atoms with Gasteiger partial charge in [-0.2, -0.15) is 0 Å². The molecule has 18 heavy (non-hydrogen) atoms. The Hall–Kier alpha value is -0.0600. The third-order valence-corrected chi connectivity index (χ3v) is 5.28. The van der Waals surface area contributed by atoms with E-state index in [1.807, 2.05) is 0 Å². The maximum atomic E-state index is 3.73. The minimum absolute atomic E-state index is 0.614. The van der Waals surface area contributed by atoms with Gasteiger partial charge in [0, 0.05) is 33.3 Å². The predicted octanol–water partition coefficient (Wildman–Crippen LogP) is 4.25. The summed E-state index contributed by atoms with van der Waals surface area (Å²) in [6.07, 6.45) is 5.39. The Kier molecular flexibility index (Phi) is 3.97. The summed E-state index contributed by atoms with van der Waals surface area (Å²) in [5, 5.41) is 3.73. The van der Waals surface area contributed by atoms with Crippen LogP contribution in [0.3, 0.4) is 0 Å². The minimum atomic E-state index is 0.614. The number of piperidine rings is 1. The van der Waals surface area contributed by atoms with Crippen molar-refractivity contribution in [1.29, 1.82) is 0 Å². The molecule has 0 aliphatic carbocycles. The Balaban J connectivity index is 1.72. The molecule has 0 spiro atoms. The lowest BCUT2D eigenvalue weighted by atomic mass is 9.99. The maximum Gasteiger partial charge on any atom is 0.0488 e. The highest BCUT2D eigenvalue weighted by molar-refractivity contribution is 9.11. The molecule has 2 unspecified atom stereocenters. The summed E-state index contributed by atoms with van der Waals surface area (Å²) < 4.78 is 2.26. The predicted molar refractivity (Wildman–Crippen MR) is 83.1 cm³/mol. The first-order chi connectivity index (χ1) is 8.74. The van der Waals surface area contributed by atoms with Crippen LogP contribution in [-0.4, -0.2) is 30.1 Å². The summed E-state index contributed by atoms with van der Waals surface area (Å²) in [5.74, 6) is 0. The largest absolute Gasteiger partial charge is 0.380 e. The minimum Gasteiger partial charge on any atom is -0.380 e. The van der Waals surface area contributed by atoms with E-state index in [-0.39, 0.29) is 0 Å². The first-order valence-corrected chi connectivity index (χ1v) is 8.28. The Morgan fingerprint density at radius 1 is 1.11 bits per heavy atom. The molecule has 0 aromatic heterocycles. The van der Waals surface area contributed by atoms with Crippen LogP contribution in [0.15, 0.2) is 27.1 Å². The fraction of sp³-hybridized carbons (Fsp3) is 0.571. The van der Waals surface area contributed by atoms with Crippen molar-refractivity contribution in [2.24, 2.45) is 0 Å². The molecule has 2 saturated heterocycles. The van der Waals surface area contributed by atoms with Crippen molar-refractivity contribution in [3.05, 3.63) is 27.1 Å². The monoisotopic (exact) mass is 372 g/mol. The molecule has 0 bridgehead atoms. The van der Waals surface area contributed by atoms with Crippen LogP contribution in [0.4, 0.5) is 5.69 Å². The van der Waals surface area contributed by atoms with E-state index >= 15 is 0 Å². The summed E-state index contributed by atoms with van der Waals surface area (Å²) in [6, 6.07) is 7.72. The van der Waals surface area contributed by atoms with Crippen LogP contribution >= 0.6 is 31.9 Å². The molecule has 2 aliphatic rings. The molecule has 2 aliphatic heterocycles. The normalized spacial score (nSPS) is 28.1. The van der Waals surface area contributed by atoms with Crippen LogP contribution < -0.4 is 5.32 Å². The molecule has 98 valence electrons. The van der Waals surface area contributed by atoms with Crippen LogP contribution in [0.2, 0.25) is 0 Å². The summed E-state index contributed by atoms with van der Waals surface area (Å²) in [6.45, 7) is 2.56. The summed E-state index contributed by atoms with van der Waals surface area (Å²) in [7, 11) is 0. The standard InChI is InChI=1S/C14H18Br2N2/c15-10-4-5-12(11(16)9-10)17-13-6-8-18-7-2-1-3-14(13)18/h4-5,9,13-14,17H,1-3,6-8H2. The van der Waals surface area contributed by atoms with Crippen molar-refractivity contribution >= 4 is 37.5 Å². The van der Waals surface area contributed by atoms with Gasteiger partial charge in [0.25, 0.3) is 0 Å². The highest BCUT2D eigenvalue weighted by Crippen LogP contribution is 2.32. The number of benzene rings is 1. The van der Waals surface area contributed by atoms with Crippen LogP contribution in [0.25, 0.3) is 0 Å². The molecule has 3 rings (SSSR count). The number of rotatable bonds is 2. The molecule has 1 aromatic rings. The van der Waals surface area contributed by atoms with Gasteiger partial charge >= 0.3 is 0 Å². The van der Waals surface area contributed by atoms with Gasteiger partial charge in [-0.1, -0.05) is 22.4 Å². The molecule has 0 amide bonds. The lowest BCUT2D eigenvalue weighted by Gasteiger charge is -2.33. The van der Waals surface area contributed by atoms with Crippen molar-refractivity contribution in [3.63, 3.8) is 0 Å². The molecular formula is C14H18Br2N2. The number of hydrogen-bond acceptors (Lipinski definition) is 2. The second-order valence-electron chi connectivity index (χ2n) is 5.26. The maximum absolute atomic E-state index is 3.73. The van der Waals surface area contributed by atoms with Gasteiger partial charge < -0.3 is 5.32 Å². The molecule has 2 heterocycles.